The van der Waals surface area contributed by atoms with Crippen molar-refractivity contribution in [3.8, 4) is 0 Å². The Morgan fingerprint density at radius 1 is 1.42 bits per heavy atom. The fraction of sp³-hybridized carbons (Fsp3) is 0.615. The first-order valence-electron chi connectivity index (χ1n) is 6.68. The van der Waals surface area contributed by atoms with Crippen LogP contribution in [0.4, 0.5) is 5.82 Å². The number of anilines is 1. The minimum absolute atomic E-state index is 0.0685. The largest absolute Gasteiger partial charge is 0.373 e. The van der Waals surface area contributed by atoms with Gasteiger partial charge in [0.2, 0.25) is 10.0 Å². The van der Waals surface area contributed by atoms with E-state index in [1.54, 1.807) is 23.5 Å². The SMILES string of the molecule is CCC1CCC(C)N1S(=O)(=O)c1ccc(NC)nc1. The molecule has 6 heteroatoms. The van der Waals surface area contributed by atoms with Crippen molar-refractivity contribution in [2.75, 3.05) is 12.4 Å². The number of hydrogen-bond donors (Lipinski definition) is 1. The van der Waals surface area contributed by atoms with E-state index in [0.717, 1.165) is 19.3 Å². The third-order valence-electron chi connectivity index (χ3n) is 3.75. The standard InChI is InChI=1S/C13H21N3O2S/c1-4-11-6-5-10(2)16(11)19(17,18)12-7-8-13(14-3)15-9-12/h7-11H,4-6H2,1-3H3,(H,14,15). The summed E-state index contributed by atoms with van der Waals surface area (Å²) < 4.78 is 27.0. The highest BCUT2D eigenvalue weighted by molar-refractivity contribution is 7.89. The van der Waals surface area contributed by atoms with Gasteiger partial charge in [-0.05, 0) is 38.3 Å². The van der Waals surface area contributed by atoms with Crippen LogP contribution >= 0.6 is 0 Å². The van der Waals surface area contributed by atoms with Crippen LogP contribution in [0.25, 0.3) is 0 Å². The lowest BCUT2D eigenvalue weighted by molar-refractivity contribution is 0.328. The molecule has 0 aliphatic carbocycles. The molecule has 1 aliphatic heterocycles. The normalized spacial score (nSPS) is 24.6. The molecule has 1 aliphatic rings. The Morgan fingerprint density at radius 3 is 2.68 bits per heavy atom. The number of rotatable bonds is 4. The average molecular weight is 283 g/mol. The van der Waals surface area contributed by atoms with Gasteiger partial charge >= 0.3 is 0 Å². The Hall–Kier alpha value is -1.14. The zero-order valence-electron chi connectivity index (χ0n) is 11.6. The van der Waals surface area contributed by atoms with Crippen molar-refractivity contribution in [3.05, 3.63) is 18.3 Å². The highest BCUT2D eigenvalue weighted by atomic mass is 32.2. The molecule has 5 nitrogen and oxygen atoms in total. The van der Waals surface area contributed by atoms with E-state index in [1.165, 1.54) is 6.20 Å². The van der Waals surface area contributed by atoms with Crippen LogP contribution in [0.2, 0.25) is 0 Å². The Morgan fingerprint density at radius 2 is 2.16 bits per heavy atom. The van der Waals surface area contributed by atoms with Crippen LogP contribution in [-0.4, -0.2) is 36.8 Å². The summed E-state index contributed by atoms with van der Waals surface area (Å²) >= 11 is 0. The second-order valence-corrected chi connectivity index (χ2v) is 6.80. The molecule has 0 radical (unpaired) electrons. The number of hydrogen-bond acceptors (Lipinski definition) is 4. The van der Waals surface area contributed by atoms with E-state index in [0.29, 0.717) is 5.82 Å². The maximum Gasteiger partial charge on any atom is 0.245 e. The van der Waals surface area contributed by atoms with Crippen LogP contribution in [-0.2, 0) is 10.0 Å². The van der Waals surface area contributed by atoms with Gasteiger partial charge in [0.05, 0.1) is 0 Å². The zero-order chi connectivity index (χ0) is 14.0. The molecule has 2 unspecified atom stereocenters. The molecular formula is C13H21N3O2S. The molecule has 19 heavy (non-hydrogen) atoms. The van der Waals surface area contributed by atoms with Gasteiger partial charge in [0.25, 0.3) is 0 Å². The molecule has 1 fully saturated rings. The van der Waals surface area contributed by atoms with Crippen LogP contribution in [0.1, 0.15) is 33.1 Å². The summed E-state index contributed by atoms with van der Waals surface area (Å²) in [7, 11) is -1.67. The minimum Gasteiger partial charge on any atom is -0.373 e. The summed E-state index contributed by atoms with van der Waals surface area (Å²) in [6, 6.07) is 3.49. The van der Waals surface area contributed by atoms with Crippen molar-refractivity contribution in [1.82, 2.24) is 9.29 Å². The van der Waals surface area contributed by atoms with Crippen molar-refractivity contribution in [3.63, 3.8) is 0 Å². The summed E-state index contributed by atoms with van der Waals surface area (Å²) in [6.07, 6.45) is 4.16. The molecular weight excluding hydrogens is 262 g/mol. The van der Waals surface area contributed by atoms with Crippen molar-refractivity contribution in [1.29, 1.82) is 0 Å². The predicted molar refractivity (Wildman–Crippen MR) is 75.6 cm³/mol. The quantitative estimate of drug-likeness (QED) is 0.919. The van der Waals surface area contributed by atoms with Gasteiger partial charge < -0.3 is 5.32 Å². The molecule has 2 rings (SSSR count). The van der Waals surface area contributed by atoms with Gasteiger partial charge in [-0.25, -0.2) is 13.4 Å². The molecule has 2 atom stereocenters. The maximum atomic E-state index is 12.7. The Kier molecular flexibility index (Phi) is 4.10. The van der Waals surface area contributed by atoms with E-state index in [1.807, 2.05) is 13.8 Å². The van der Waals surface area contributed by atoms with Gasteiger partial charge in [0.1, 0.15) is 10.7 Å². The highest BCUT2D eigenvalue weighted by Crippen LogP contribution is 2.32. The average Bonchev–Trinajstić information content (AvgIpc) is 2.80. The van der Waals surface area contributed by atoms with E-state index in [4.69, 9.17) is 0 Å². The number of nitrogens with zero attached hydrogens (tertiary/aromatic N) is 2. The van der Waals surface area contributed by atoms with Crippen molar-refractivity contribution < 1.29 is 8.42 Å². The van der Waals surface area contributed by atoms with Crippen LogP contribution in [0.5, 0.6) is 0 Å². The number of nitrogens with one attached hydrogen (secondary N) is 1. The highest BCUT2D eigenvalue weighted by Gasteiger charge is 2.39. The summed E-state index contributed by atoms with van der Waals surface area (Å²) in [6.45, 7) is 4.01. The van der Waals surface area contributed by atoms with E-state index < -0.39 is 10.0 Å². The van der Waals surface area contributed by atoms with E-state index in [-0.39, 0.29) is 17.0 Å². The van der Waals surface area contributed by atoms with Crippen molar-refractivity contribution in [2.24, 2.45) is 0 Å². The lowest BCUT2D eigenvalue weighted by Gasteiger charge is -2.26. The van der Waals surface area contributed by atoms with Gasteiger partial charge in [-0.2, -0.15) is 4.31 Å². The third-order valence-corrected chi connectivity index (χ3v) is 5.80. The summed E-state index contributed by atoms with van der Waals surface area (Å²) in [5.41, 5.74) is 0. The Bertz CT molecular complexity index is 527. The van der Waals surface area contributed by atoms with Crippen LogP contribution in [0, 0.1) is 0 Å². The maximum absolute atomic E-state index is 12.7. The molecule has 0 amide bonds. The van der Waals surface area contributed by atoms with Gasteiger partial charge in [-0.1, -0.05) is 6.92 Å². The number of aromatic nitrogens is 1. The summed E-state index contributed by atoms with van der Waals surface area (Å²) in [5, 5.41) is 2.88. The first kappa shape index (κ1) is 14.3. The van der Waals surface area contributed by atoms with Crippen molar-refractivity contribution in [2.45, 2.75) is 50.1 Å². The second-order valence-electron chi connectivity index (χ2n) is 4.95. The van der Waals surface area contributed by atoms with Crippen LogP contribution < -0.4 is 5.32 Å². The van der Waals surface area contributed by atoms with E-state index >= 15 is 0 Å². The molecule has 1 aromatic rings. The zero-order valence-corrected chi connectivity index (χ0v) is 12.4. The summed E-state index contributed by atoms with van der Waals surface area (Å²) in [5.74, 6) is 0.667. The molecule has 106 valence electrons. The van der Waals surface area contributed by atoms with Crippen LogP contribution in [0.15, 0.2) is 23.2 Å². The first-order valence-corrected chi connectivity index (χ1v) is 8.12. The fourth-order valence-corrected chi connectivity index (χ4v) is 4.56. The van der Waals surface area contributed by atoms with Crippen LogP contribution in [0.3, 0.4) is 0 Å². The molecule has 0 bridgehead atoms. The Labute approximate surface area is 115 Å². The van der Waals surface area contributed by atoms with E-state index in [2.05, 4.69) is 10.3 Å². The monoisotopic (exact) mass is 283 g/mol. The molecule has 1 saturated heterocycles. The Balaban J connectivity index is 2.35. The smallest absolute Gasteiger partial charge is 0.245 e. The second kappa shape index (κ2) is 5.46. The van der Waals surface area contributed by atoms with Gasteiger partial charge in [-0.3, -0.25) is 0 Å². The predicted octanol–water partition coefficient (Wildman–Crippen LogP) is 2.07. The lowest BCUT2D eigenvalue weighted by Crippen LogP contribution is -2.39. The molecule has 2 heterocycles. The van der Waals surface area contributed by atoms with E-state index in [9.17, 15) is 8.42 Å². The molecule has 0 saturated carbocycles. The fourth-order valence-electron chi connectivity index (χ4n) is 2.67. The van der Waals surface area contributed by atoms with Crippen molar-refractivity contribution >= 4 is 15.8 Å². The third kappa shape index (κ3) is 2.60. The lowest BCUT2D eigenvalue weighted by atomic mass is 10.2. The minimum atomic E-state index is -3.43. The number of pyridine rings is 1. The molecule has 0 aromatic carbocycles. The van der Waals surface area contributed by atoms with Gasteiger partial charge in [-0.15, -0.1) is 0 Å². The molecule has 1 aromatic heterocycles. The van der Waals surface area contributed by atoms with Gasteiger partial charge in [0, 0.05) is 25.3 Å². The molecule has 1 N–H and O–H groups in total. The molecule has 0 spiro atoms. The summed E-state index contributed by atoms with van der Waals surface area (Å²) in [4.78, 5) is 4.37. The first-order chi connectivity index (χ1) is 9.00. The van der Waals surface area contributed by atoms with Gasteiger partial charge in [0.15, 0.2) is 0 Å². The topological polar surface area (TPSA) is 62.3 Å². The number of sulfonamides is 1.